The quantitative estimate of drug-likeness (QED) is 0.916. The highest BCUT2D eigenvalue weighted by atomic mass is 35.5. The van der Waals surface area contributed by atoms with E-state index in [-0.39, 0.29) is 11.5 Å². The molecule has 3 heterocycles. The van der Waals surface area contributed by atoms with E-state index in [9.17, 15) is 8.42 Å². The molecule has 2 N–H and O–H groups in total. The molecule has 20 heavy (non-hydrogen) atoms. The van der Waals surface area contributed by atoms with Gasteiger partial charge in [0.25, 0.3) is 0 Å². The van der Waals surface area contributed by atoms with Gasteiger partial charge in [0.15, 0.2) is 9.84 Å². The third kappa shape index (κ3) is 2.34. The summed E-state index contributed by atoms with van der Waals surface area (Å²) in [4.78, 5) is 0. The van der Waals surface area contributed by atoms with Crippen molar-refractivity contribution in [1.29, 1.82) is 0 Å². The molecule has 108 valence electrons. The Bertz CT molecular complexity index is 766. The molecule has 5 nitrogen and oxygen atoms in total. The van der Waals surface area contributed by atoms with Crippen LogP contribution in [0.15, 0.2) is 17.6 Å². The van der Waals surface area contributed by atoms with E-state index in [1.54, 1.807) is 10.9 Å². The lowest BCUT2D eigenvalue weighted by Crippen LogP contribution is -2.31. The lowest BCUT2D eigenvalue weighted by molar-refractivity contribution is 0.329. The summed E-state index contributed by atoms with van der Waals surface area (Å²) in [7, 11) is -2.99. The number of nitrogen functional groups attached to an aromatic ring is 1. The monoisotopic (exact) mass is 331 g/mol. The normalized spacial score (nSPS) is 25.1. The molecule has 1 unspecified atom stereocenters. The highest BCUT2D eigenvalue weighted by Gasteiger charge is 2.41. The zero-order chi connectivity index (χ0) is 14.5. The van der Waals surface area contributed by atoms with Gasteiger partial charge in [-0.2, -0.15) is 5.10 Å². The van der Waals surface area contributed by atoms with Gasteiger partial charge in [-0.05, 0) is 19.4 Å². The average molecular weight is 332 g/mol. The van der Waals surface area contributed by atoms with E-state index in [2.05, 4.69) is 5.10 Å². The van der Waals surface area contributed by atoms with Crippen molar-refractivity contribution >= 4 is 38.5 Å². The van der Waals surface area contributed by atoms with Crippen molar-refractivity contribution in [2.24, 2.45) is 0 Å². The van der Waals surface area contributed by atoms with Gasteiger partial charge < -0.3 is 5.73 Å². The van der Waals surface area contributed by atoms with Gasteiger partial charge >= 0.3 is 0 Å². The fourth-order valence-corrected chi connectivity index (χ4v) is 5.48. The maximum absolute atomic E-state index is 11.7. The van der Waals surface area contributed by atoms with Crippen LogP contribution in [0.25, 0.3) is 11.3 Å². The van der Waals surface area contributed by atoms with Gasteiger partial charge in [0.05, 0.1) is 27.1 Å². The maximum Gasteiger partial charge on any atom is 0.152 e. The second kappa shape index (κ2) is 4.47. The molecule has 3 rings (SSSR count). The van der Waals surface area contributed by atoms with Gasteiger partial charge in [-0.15, -0.1) is 11.3 Å². The molecule has 1 saturated heterocycles. The Morgan fingerprint density at radius 2 is 2.30 bits per heavy atom. The largest absolute Gasteiger partial charge is 0.396 e. The van der Waals surface area contributed by atoms with Gasteiger partial charge in [0, 0.05) is 17.1 Å². The van der Waals surface area contributed by atoms with Crippen LogP contribution in [0.4, 0.5) is 5.69 Å². The van der Waals surface area contributed by atoms with E-state index >= 15 is 0 Å². The van der Waals surface area contributed by atoms with Gasteiger partial charge in [-0.3, -0.25) is 4.68 Å². The summed E-state index contributed by atoms with van der Waals surface area (Å²) in [5, 5.41) is 6.38. The van der Waals surface area contributed by atoms with Gasteiger partial charge in [0.1, 0.15) is 5.69 Å². The molecule has 2 aromatic rings. The molecule has 0 radical (unpaired) electrons. The van der Waals surface area contributed by atoms with Gasteiger partial charge in [-0.25, -0.2) is 8.42 Å². The van der Waals surface area contributed by atoms with E-state index in [4.69, 9.17) is 17.3 Å². The minimum atomic E-state index is -2.99. The predicted octanol–water partition coefficient (Wildman–Crippen LogP) is 2.38. The van der Waals surface area contributed by atoms with Crippen LogP contribution in [0.2, 0.25) is 4.34 Å². The zero-order valence-corrected chi connectivity index (χ0v) is 13.2. The number of sulfone groups is 1. The third-order valence-electron chi connectivity index (χ3n) is 3.62. The summed E-state index contributed by atoms with van der Waals surface area (Å²) in [6.45, 7) is 1.90. The Morgan fingerprint density at radius 1 is 1.55 bits per heavy atom. The van der Waals surface area contributed by atoms with E-state index in [0.29, 0.717) is 22.1 Å². The molecule has 1 fully saturated rings. The Labute approximate surface area is 126 Å². The number of halogens is 1. The molecular formula is C12H14ClN3O2S2. The van der Waals surface area contributed by atoms with Crippen molar-refractivity contribution in [3.05, 3.63) is 22.0 Å². The molecule has 0 saturated carbocycles. The first-order valence-electron chi connectivity index (χ1n) is 6.10. The van der Waals surface area contributed by atoms with E-state index in [1.165, 1.54) is 11.3 Å². The first-order chi connectivity index (χ1) is 9.29. The lowest BCUT2D eigenvalue weighted by Gasteiger charge is -2.22. The Morgan fingerprint density at radius 3 is 2.85 bits per heavy atom. The molecule has 2 aromatic heterocycles. The third-order valence-corrected chi connectivity index (χ3v) is 6.60. The maximum atomic E-state index is 11.7. The second-order valence-electron chi connectivity index (χ2n) is 5.36. The summed E-state index contributed by atoms with van der Waals surface area (Å²) >= 11 is 7.34. The first-order valence-corrected chi connectivity index (χ1v) is 9.17. The smallest absolute Gasteiger partial charge is 0.152 e. The molecule has 0 bridgehead atoms. The SMILES string of the molecule is CC1(n2cc(N)c(-c3csc(Cl)c3)n2)CCS(=O)(=O)C1. The molecule has 1 atom stereocenters. The number of anilines is 1. The zero-order valence-electron chi connectivity index (χ0n) is 10.8. The molecule has 0 aliphatic carbocycles. The predicted molar refractivity (Wildman–Crippen MR) is 81.9 cm³/mol. The van der Waals surface area contributed by atoms with Crippen LogP contribution < -0.4 is 5.73 Å². The fourth-order valence-electron chi connectivity index (χ4n) is 2.50. The molecular weight excluding hydrogens is 318 g/mol. The molecule has 1 aliphatic rings. The van der Waals surface area contributed by atoms with Crippen molar-refractivity contribution in [1.82, 2.24) is 9.78 Å². The Kier molecular flexibility index (Phi) is 3.11. The molecule has 0 spiro atoms. The Balaban J connectivity index is 2.01. The summed E-state index contributed by atoms with van der Waals surface area (Å²) in [5.41, 5.74) is 7.53. The van der Waals surface area contributed by atoms with Crippen LogP contribution in [0.3, 0.4) is 0 Å². The number of thiophene rings is 1. The topological polar surface area (TPSA) is 78.0 Å². The lowest BCUT2D eigenvalue weighted by atomic mass is 10.0. The molecule has 0 aromatic carbocycles. The first kappa shape index (κ1) is 13.9. The van der Waals surface area contributed by atoms with Gasteiger partial charge in [0.2, 0.25) is 0 Å². The average Bonchev–Trinajstić information content (AvgIpc) is 2.99. The number of rotatable bonds is 2. The van der Waals surface area contributed by atoms with E-state index in [0.717, 1.165) is 5.56 Å². The number of hydrogen-bond donors (Lipinski definition) is 1. The van der Waals surface area contributed by atoms with Crippen molar-refractivity contribution in [2.45, 2.75) is 18.9 Å². The number of hydrogen-bond acceptors (Lipinski definition) is 5. The standard InChI is InChI=1S/C12H14ClN3O2S2/c1-12(2-3-20(17,18)7-12)16-5-9(14)11(15-16)8-4-10(13)19-6-8/h4-6H,2-3,7,14H2,1H3. The summed E-state index contributed by atoms with van der Waals surface area (Å²) in [6.07, 6.45) is 2.27. The minimum absolute atomic E-state index is 0.102. The summed E-state index contributed by atoms with van der Waals surface area (Å²) in [5.74, 6) is 0.299. The highest BCUT2D eigenvalue weighted by Crippen LogP contribution is 2.35. The summed E-state index contributed by atoms with van der Waals surface area (Å²) in [6, 6.07) is 1.81. The van der Waals surface area contributed by atoms with Crippen molar-refractivity contribution in [3.63, 3.8) is 0 Å². The van der Waals surface area contributed by atoms with Crippen molar-refractivity contribution < 1.29 is 8.42 Å². The molecule has 1 aliphatic heterocycles. The highest BCUT2D eigenvalue weighted by molar-refractivity contribution is 7.91. The van der Waals surface area contributed by atoms with Crippen LogP contribution in [-0.2, 0) is 15.4 Å². The van der Waals surface area contributed by atoms with Gasteiger partial charge in [-0.1, -0.05) is 11.6 Å². The molecule has 0 amide bonds. The van der Waals surface area contributed by atoms with E-state index < -0.39 is 15.4 Å². The van der Waals surface area contributed by atoms with Crippen LogP contribution >= 0.6 is 22.9 Å². The van der Waals surface area contributed by atoms with Crippen LogP contribution in [0.1, 0.15) is 13.3 Å². The molecule has 8 heteroatoms. The number of nitrogens with zero attached hydrogens (tertiary/aromatic N) is 2. The Hall–Kier alpha value is -1.05. The number of aromatic nitrogens is 2. The van der Waals surface area contributed by atoms with Crippen LogP contribution in [0, 0.1) is 0 Å². The van der Waals surface area contributed by atoms with Crippen LogP contribution in [-0.4, -0.2) is 29.7 Å². The van der Waals surface area contributed by atoms with Crippen molar-refractivity contribution in [3.8, 4) is 11.3 Å². The van der Waals surface area contributed by atoms with Crippen molar-refractivity contribution in [2.75, 3.05) is 17.2 Å². The fraction of sp³-hybridized carbons (Fsp3) is 0.417. The van der Waals surface area contributed by atoms with Crippen LogP contribution in [0.5, 0.6) is 0 Å². The minimum Gasteiger partial charge on any atom is -0.396 e. The summed E-state index contributed by atoms with van der Waals surface area (Å²) < 4.78 is 25.8. The second-order valence-corrected chi connectivity index (χ2v) is 9.08. The number of nitrogens with two attached hydrogens (primary N) is 1. The van der Waals surface area contributed by atoms with E-state index in [1.807, 2.05) is 18.4 Å².